The summed E-state index contributed by atoms with van der Waals surface area (Å²) in [5, 5.41) is 3.34. The van der Waals surface area contributed by atoms with Crippen molar-refractivity contribution in [3.63, 3.8) is 0 Å². The van der Waals surface area contributed by atoms with Crippen LogP contribution in [0.2, 0.25) is 0 Å². The summed E-state index contributed by atoms with van der Waals surface area (Å²) in [6.07, 6.45) is 4.51. The van der Waals surface area contributed by atoms with Crippen molar-refractivity contribution < 1.29 is 14.2 Å². The van der Waals surface area contributed by atoms with E-state index in [1.54, 1.807) is 18.4 Å². The van der Waals surface area contributed by atoms with Crippen molar-refractivity contribution in [1.29, 1.82) is 0 Å². The standard InChI is InChI=1S/C31H36N4O3S/c1-21(2)38-26-9-7-8-25(36-4)29(26)27-14-15-28(39-27)30-22(3)20-32-31(34-30)33-23-10-12-24(13-11-23)37-19-18-35-16-5-6-17-35/h7-15,20-21H,5-6,16-19H2,1-4H3,(H,32,33,34). The smallest absolute Gasteiger partial charge is 0.227 e. The summed E-state index contributed by atoms with van der Waals surface area (Å²) in [4.78, 5) is 13.9. The third kappa shape index (κ3) is 6.69. The molecule has 1 N–H and O–H groups in total. The normalized spacial score (nSPS) is 13.6. The van der Waals surface area contributed by atoms with Crippen molar-refractivity contribution in [2.45, 2.75) is 39.7 Å². The van der Waals surface area contributed by atoms with E-state index in [9.17, 15) is 0 Å². The Balaban J connectivity index is 1.30. The Morgan fingerprint density at radius 3 is 2.46 bits per heavy atom. The number of aromatic nitrogens is 2. The molecule has 7 nitrogen and oxygen atoms in total. The van der Waals surface area contributed by atoms with E-state index in [4.69, 9.17) is 19.2 Å². The Morgan fingerprint density at radius 1 is 0.974 bits per heavy atom. The van der Waals surface area contributed by atoms with Gasteiger partial charge < -0.3 is 19.5 Å². The molecular formula is C31H36N4O3S. The molecule has 0 atom stereocenters. The van der Waals surface area contributed by atoms with Gasteiger partial charge in [0.25, 0.3) is 0 Å². The number of hydrogen-bond donors (Lipinski definition) is 1. The van der Waals surface area contributed by atoms with Gasteiger partial charge in [0.1, 0.15) is 23.9 Å². The maximum Gasteiger partial charge on any atom is 0.227 e. The lowest BCUT2D eigenvalue weighted by atomic mass is 10.1. The molecule has 0 spiro atoms. The number of nitrogens with one attached hydrogen (secondary N) is 1. The molecule has 3 heterocycles. The number of methoxy groups -OCH3 is 1. The first-order valence-corrected chi connectivity index (χ1v) is 14.3. The van der Waals surface area contributed by atoms with Crippen molar-refractivity contribution in [1.82, 2.24) is 14.9 Å². The number of rotatable bonds is 11. The van der Waals surface area contributed by atoms with Gasteiger partial charge in [-0.15, -0.1) is 11.3 Å². The number of aryl methyl sites for hydroxylation is 1. The van der Waals surface area contributed by atoms with Gasteiger partial charge >= 0.3 is 0 Å². The second kappa shape index (κ2) is 12.5. The van der Waals surface area contributed by atoms with Gasteiger partial charge in [-0.2, -0.15) is 0 Å². The summed E-state index contributed by atoms with van der Waals surface area (Å²) in [7, 11) is 1.69. The summed E-state index contributed by atoms with van der Waals surface area (Å²) in [5.74, 6) is 3.01. The molecule has 1 aliphatic rings. The van der Waals surface area contributed by atoms with Crippen LogP contribution in [0.1, 0.15) is 32.3 Å². The maximum absolute atomic E-state index is 6.10. The Kier molecular flexibility index (Phi) is 8.64. The highest BCUT2D eigenvalue weighted by Gasteiger charge is 2.18. The van der Waals surface area contributed by atoms with Crippen molar-refractivity contribution in [3.8, 4) is 38.3 Å². The van der Waals surface area contributed by atoms with Gasteiger partial charge in [0.05, 0.1) is 29.3 Å². The van der Waals surface area contributed by atoms with Crippen LogP contribution in [0, 0.1) is 6.92 Å². The Morgan fingerprint density at radius 2 is 1.72 bits per heavy atom. The minimum absolute atomic E-state index is 0.0589. The van der Waals surface area contributed by atoms with Gasteiger partial charge in [0.15, 0.2) is 0 Å². The molecular weight excluding hydrogens is 508 g/mol. The molecule has 1 fully saturated rings. The predicted molar refractivity (Wildman–Crippen MR) is 159 cm³/mol. The van der Waals surface area contributed by atoms with Crippen LogP contribution in [-0.2, 0) is 0 Å². The average Bonchev–Trinajstić information content (AvgIpc) is 3.63. The summed E-state index contributed by atoms with van der Waals surface area (Å²) in [6.45, 7) is 10.1. The zero-order valence-corrected chi connectivity index (χ0v) is 23.9. The summed E-state index contributed by atoms with van der Waals surface area (Å²) < 4.78 is 17.7. The number of ether oxygens (including phenoxy) is 3. The third-order valence-electron chi connectivity index (χ3n) is 6.61. The van der Waals surface area contributed by atoms with E-state index in [0.717, 1.165) is 56.1 Å². The van der Waals surface area contributed by atoms with Crippen molar-refractivity contribution >= 4 is 23.0 Å². The number of likely N-dealkylation sites (tertiary alicyclic amines) is 1. The van der Waals surface area contributed by atoms with E-state index >= 15 is 0 Å². The molecule has 0 radical (unpaired) electrons. The van der Waals surface area contributed by atoms with E-state index in [-0.39, 0.29) is 6.10 Å². The topological polar surface area (TPSA) is 68.7 Å². The number of benzene rings is 2. The molecule has 2 aromatic heterocycles. The first-order valence-electron chi connectivity index (χ1n) is 13.5. The molecule has 1 saturated heterocycles. The van der Waals surface area contributed by atoms with Gasteiger partial charge in [-0.1, -0.05) is 6.07 Å². The second-order valence-corrected chi connectivity index (χ2v) is 11.0. The molecule has 0 aliphatic carbocycles. The molecule has 8 heteroatoms. The summed E-state index contributed by atoms with van der Waals surface area (Å²) >= 11 is 1.66. The molecule has 2 aromatic carbocycles. The predicted octanol–water partition coefficient (Wildman–Crippen LogP) is 7.19. The molecule has 39 heavy (non-hydrogen) atoms. The van der Waals surface area contributed by atoms with Crippen molar-refractivity contribution in [2.75, 3.05) is 38.7 Å². The molecule has 0 unspecified atom stereocenters. The van der Waals surface area contributed by atoms with E-state index in [1.165, 1.54) is 25.9 Å². The fourth-order valence-electron chi connectivity index (χ4n) is 4.69. The lowest BCUT2D eigenvalue weighted by Gasteiger charge is -2.16. The number of nitrogens with zero attached hydrogens (tertiary/aromatic N) is 3. The lowest BCUT2D eigenvalue weighted by Crippen LogP contribution is -2.25. The average molecular weight is 545 g/mol. The molecule has 0 amide bonds. The fraction of sp³-hybridized carbons (Fsp3) is 0.355. The highest BCUT2D eigenvalue weighted by molar-refractivity contribution is 7.18. The molecule has 1 aliphatic heterocycles. The van der Waals surface area contributed by atoms with Crippen LogP contribution >= 0.6 is 11.3 Å². The van der Waals surface area contributed by atoms with Crippen LogP contribution in [0.5, 0.6) is 17.2 Å². The Bertz CT molecular complexity index is 1380. The van der Waals surface area contributed by atoms with Crippen molar-refractivity contribution in [2.24, 2.45) is 0 Å². The number of anilines is 2. The minimum atomic E-state index is 0.0589. The largest absolute Gasteiger partial charge is 0.496 e. The summed E-state index contributed by atoms with van der Waals surface area (Å²) in [6, 6.07) is 18.1. The highest BCUT2D eigenvalue weighted by Crippen LogP contribution is 2.44. The van der Waals surface area contributed by atoms with E-state index in [0.29, 0.717) is 12.6 Å². The SMILES string of the molecule is COc1cccc(OC(C)C)c1-c1ccc(-c2nc(Nc3ccc(OCCN4CCCC4)cc3)ncc2C)s1. The number of hydrogen-bond acceptors (Lipinski definition) is 8. The Hall–Kier alpha value is -3.62. The van der Waals surface area contributed by atoms with Crippen LogP contribution < -0.4 is 19.5 Å². The van der Waals surface area contributed by atoms with E-state index < -0.39 is 0 Å². The molecule has 5 rings (SSSR count). The maximum atomic E-state index is 6.10. The van der Waals surface area contributed by atoms with Crippen LogP contribution in [-0.4, -0.2) is 54.3 Å². The first kappa shape index (κ1) is 27.0. The quantitative estimate of drug-likeness (QED) is 0.214. The minimum Gasteiger partial charge on any atom is -0.496 e. The highest BCUT2D eigenvalue weighted by atomic mass is 32.1. The lowest BCUT2D eigenvalue weighted by molar-refractivity contribution is 0.238. The van der Waals surface area contributed by atoms with Gasteiger partial charge in [-0.3, -0.25) is 4.90 Å². The molecule has 0 saturated carbocycles. The van der Waals surface area contributed by atoms with Gasteiger partial charge in [-0.05, 0) is 101 Å². The van der Waals surface area contributed by atoms with Gasteiger partial charge in [0, 0.05) is 23.3 Å². The second-order valence-electron chi connectivity index (χ2n) is 9.94. The molecule has 204 valence electrons. The van der Waals surface area contributed by atoms with Crippen LogP contribution in [0.25, 0.3) is 21.0 Å². The monoisotopic (exact) mass is 544 g/mol. The number of thiophene rings is 1. The fourth-order valence-corrected chi connectivity index (χ4v) is 5.81. The van der Waals surface area contributed by atoms with Crippen molar-refractivity contribution in [3.05, 3.63) is 66.4 Å². The zero-order valence-electron chi connectivity index (χ0n) is 23.1. The Labute approximate surface area is 234 Å². The van der Waals surface area contributed by atoms with Crippen LogP contribution in [0.3, 0.4) is 0 Å². The molecule has 0 bridgehead atoms. The molecule has 4 aromatic rings. The van der Waals surface area contributed by atoms with E-state index in [1.807, 2.05) is 69.4 Å². The van der Waals surface area contributed by atoms with Gasteiger partial charge in [0.2, 0.25) is 5.95 Å². The first-order chi connectivity index (χ1) is 19.0. The van der Waals surface area contributed by atoms with Gasteiger partial charge in [-0.25, -0.2) is 9.97 Å². The third-order valence-corrected chi connectivity index (χ3v) is 7.72. The van der Waals surface area contributed by atoms with E-state index in [2.05, 4.69) is 27.3 Å². The zero-order chi connectivity index (χ0) is 27.2. The van der Waals surface area contributed by atoms with Crippen LogP contribution in [0.15, 0.2) is 60.8 Å². The van der Waals surface area contributed by atoms with Crippen LogP contribution in [0.4, 0.5) is 11.6 Å². The summed E-state index contributed by atoms with van der Waals surface area (Å²) in [5.41, 5.74) is 3.77.